The molecule has 0 atom stereocenters. The highest BCUT2D eigenvalue weighted by atomic mass is 15.0. The highest BCUT2D eigenvalue weighted by Crippen LogP contribution is 2.37. The maximum Gasteiger partial charge on any atom is 0.333 e. The fourth-order valence-electron chi connectivity index (χ4n) is 6.64. The third-order valence-corrected chi connectivity index (χ3v) is 8.09. The molecule has 0 amide bonds. The van der Waals surface area contributed by atoms with E-state index in [1.807, 2.05) is 72.8 Å². The van der Waals surface area contributed by atoms with Crippen molar-refractivity contribution in [1.82, 2.24) is 9.05 Å². The molecular weight excluding hydrogens is 477 g/mol. The molecule has 39 heavy (non-hydrogen) atoms. The predicted octanol–water partition coefficient (Wildman–Crippen LogP) is 5.47. The number of para-hydroxylation sites is 4. The third-order valence-electron chi connectivity index (χ3n) is 8.09. The first kappa shape index (κ1) is 21.3. The van der Waals surface area contributed by atoms with Crippen molar-refractivity contribution < 1.29 is 0 Å². The van der Waals surface area contributed by atoms with Crippen LogP contribution in [0.5, 0.6) is 0 Å². The summed E-state index contributed by atoms with van der Waals surface area (Å²) in [6, 6.07) is 39.2. The molecule has 5 nitrogen and oxygen atoms in total. The van der Waals surface area contributed by atoms with Crippen LogP contribution in [0.15, 0.2) is 97.1 Å². The molecule has 5 aromatic carbocycles. The fourth-order valence-corrected chi connectivity index (χ4v) is 6.64. The molecule has 1 aliphatic heterocycles. The van der Waals surface area contributed by atoms with Crippen LogP contribution in [-0.2, 0) is 0 Å². The maximum absolute atomic E-state index is 10.4. The van der Waals surface area contributed by atoms with Crippen molar-refractivity contribution in [2.24, 2.45) is 0 Å². The van der Waals surface area contributed by atoms with Crippen LogP contribution in [0.1, 0.15) is 16.7 Å². The molecule has 1 aliphatic rings. The summed E-state index contributed by atoms with van der Waals surface area (Å²) < 4.78 is 4.40. The van der Waals surface area contributed by atoms with E-state index >= 15 is 0 Å². The molecule has 0 N–H and O–H groups in total. The number of benzene rings is 5. The Morgan fingerprint density at radius 2 is 1.10 bits per heavy atom. The van der Waals surface area contributed by atoms with Gasteiger partial charge in [-0.3, -0.25) is 0 Å². The summed E-state index contributed by atoms with van der Waals surface area (Å²) >= 11 is 0. The Morgan fingerprint density at radius 1 is 0.513 bits per heavy atom. The molecule has 0 bridgehead atoms. The minimum atomic E-state index is -0.430. The van der Waals surface area contributed by atoms with Gasteiger partial charge in [0.1, 0.15) is 12.1 Å². The summed E-state index contributed by atoms with van der Waals surface area (Å²) in [4.78, 5) is 0. The zero-order valence-electron chi connectivity index (χ0n) is 20.6. The third kappa shape index (κ3) is 2.56. The Morgan fingerprint density at radius 3 is 1.79 bits per heavy atom. The lowest BCUT2D eigenvalue weighted by atomic mass is 9.47. The van der Waals surface area contributed by atoms with Crippen molar-refractivity contribution in [1.29, 1.82) is 15.8 Å². The van der Waals surface area contributed by atoms with Crippen LogP contribution in [-0.4, -0.2) is 15.9 Å². The summed E-state index contributed by atoms with van der Waals surface area (Å²) in [5, 5.41) is 34.9. The van der Waals surface area contributed by atoms with Gasteiger partial charge in [-0.05, 0) is 41.3 Å². The Balaban J connectivity index is 1.68. The van der Waals surface area contributed by atoms with Crippen LogP contribution in [0.4, 0.5) is 0 Å². The van der Waals surface area contributed by atoms with Gasteiger partial charge in [0.25, 0.3) is 0 Å². The Hall–Kier alpha value is -5.77. The fraction of sp³-hybridized carbons (Fsp3) is 0. The number of rotatable bonds is 1. The second-order valence-corrected chi connectivity index (χ2v) is 9.85. The minimum Gasteiger partial charge on any atom is -0.374 e. The topological polar surface area (TPSA) is 81.2 Å². The second kappa shape index (κ2) is 7.62. The van der Waals surface area contributed by atoms with E-state index in [4.69, 9.17) is 0 Å². The highest BCUT2D eigenvalue weighted by Gasteiger charge is 2.38. The summed E-state index contributed by atoms with van der Waals surface area (Å²) in [6.07, 6.45) is 0. The second-order valence-electron chi connectivity index (χ2n) is 9.85. The quantitative estimate of drug-likeness (QED) is 0.284. The molecule has 0 radical (unpaired) electrons. The van der Waals surface area contributed by atoms with Gasteiger partial charge in [-0.2, -0.15) is 15.8 Å². The van der Waals surface area contributed by atoms with Crippen molar-refractivity contribution in [3.05, 3.63) is 114 Å². The average molecular weight is 493 g/mol. The van der Waals surface area contributed by atoms with Gasteiger partial charge in [-0.25, -0.2) is 0 Å². The van der Waals surface area contributed by atoms with Crippen molar-refractivity contribution in [2.45, 2.75) is 0 Å². The molecule has 0 saturated carbocycles. The van der Waals surface area contributed by atoms with Gasteiger partial charge in [0.2, 0.25) is 0 Å². The molecule has 0 aliphatic carbocycles. The van der Waals surface area contributed by atoms with Gasteiger partial charge in [-0.1, -0.05) is 66.7 Å². The lowest BCUT2D eigenvalue weighted by molar-refractivity contribution is 1.18. The van der Waals surface area contributed by atoms with Crippen LogP contribution in [0.25, 0.3) is 49.3 Å². The molecule has 2 aromatic heterocycles. The van der Waals surface area contributed by atoms with E-state index < -0.39 is 6.85 Å². The van der Waals surface area contributed by atoms with E-state index in [1.54, 1.807) is 0 Å². The molecule has 0 unspecified atom stereocenters. The van der Waals surface area contributed by atoms with Crippen molar-refractivity contribution in [3.63, 3.8) is 0 Å². The molecule has 0 spiro atoms. The highest BCUT2D eigenvalue weighted by molar-refractivity contribution is 6.88. The van der Waals surface area contributed by atoms with E-state index in [0.717, 1.165) is 60.2 Å². The molecule has 3 heterocycles. The number of hydrogen-bond acceptors (Lipinski definition) is 3. The lowest BCUT2D eigenvalue weighted by Gasteiger charge is -2.29. The monoisotopic (exact) mass is 493 g/mol. The molecule has 8 rings (SSSR count). The van der Waals surface area contributed by atoms with Gasteiger partial charge in [0.05, 0.1) is 44.8 Å². The number of nitrogens with zero attached hydrogens (tertiary/aromatic N) is 5. The summed E-state index contributed by atoms with van der Waals surface area (Å²) in [5.41, 5.74) is 8.14. The number of aromatic nitrogens is 2. The van der Waals surface area contributed by atoms with E-state index in [9.17, 15) is 15.8 Å². The first-order chi connectivity index (χ1) is 19.3. The van der Waals surface area contributed by atoms with Crippen molar-refractivity contribution >= 4 is 61.4 Å². The van der Waals surface area contributed by atoms with Gasteiger partial charge in [0, 0.05) is 27.2 Å². The number of hydrogen-bond donors (Lipinski definition) is 0. The van der Waals surface area contributed by atoms with Gasteiger partial charge in [-0.15, -0.1) is 0 Å². The van der Waals surface area contributed by atoms with Gasteiger partial charge >= 0.3 is 6.85 Å². The van der Waals surface area contributed by atoms with Crippen molar-refractivity contribution in [2.75, 3.05) is 0 Å². The minimum absolute atomic E-state index is 0.430. The Kier molecular flexibility index (Phi) is 4.17. The summed E-state index contributed by atoms with van der Waals surface area (Å²) in [7, 11) is 0. The zero-order chi connectivity index (χ0) is 26.2. The molecular formula is C33H16BN5. The summed E-state index contributed by atoms with van der Waals surface area (Å²) in [6.45, 7) is -0.430. The molecule has 176 valence electrons. The van der Waals surface area contributed by atoms with E-state index in [0.29, 0.717) is 16.7 Å². The Labute approximate surface area is 223 Å². The lowest BCUT2D eigenvalue weighted by Crippen LogP contribution is -2.54. The zero-order valence-corrected chi connectivity index (χ0v) is 20.6. The number of nitriles is 3. The molecule has 7 aromatic rings. The standard InChI is InChI=1S/C33H16BN5/c35-17-20-15-16-26-23-9-1-3-13-28(23)38-29-14-4-2-12-27(29)34(30(20)33(26)38)39-31-21(18-36)7-5-10-24(31)25-11-6-8-22(19-37)32(25)39/h1-16H. The average Bonchev–Trinajstić information content (AvgIpc) is 3.51. The normalized spacial score (nSPS) is 12.0. The Bertz CT molecular complexity index is 2260. The first-order valence-electron chi connectivity index (χ1n) is 12.7. The SMILES string of the molecule is N#Cc1ccc2c3ccccc3n3c2c1B(n1c2c(C#N)cccc2c2cccc(C#N)c21)c1ccccc1-3. The van der Waals surface area contributed by atoms with Gasteiger partial charge in [0.15, 0.2) is 0 Å². The van der Waals surface area contributed by atoms with Crippen LogP contribution < -0.4 is 10.9 Å². The predicted molar refractivity (Wildman–Crippen MR) is 155 cm³/mol. The van der Waals surface area contributed by atoms with Gasteiger partial charge < -0.3 is 9.05 Å². The van der Waals surface area contributed by atoms with E-state index in [2.05, 4.69) is 51.5 Å². The molecule has 0 saturated heterocycles. The summed E-state index contributed by atoms with van der Waals surface area (Å²) in [5.74, 6) is 0. The van der Waals surface area contributed by atoms with Crippen LogP contribution >= 0.6 is 0 Å². The van der Waals surface area contributed by atoms with E-state index in [-0.39, 0.29) is 0 Å². The number of fused-ring (bicyclic) bond motifs is 8. The van der Waals surface area contributed by atoms with Crippen LogP contribution in [0, 0.1) is 34.0 Å². The molecule has 0 fully saturated rings. The van der Waals surface area contributed by atoms with Crippen LogP contribution in [0.2, 0.25) is 0 Å². The van der Waals surface area contributed by atoms with Crippen molar-refractivity contribution in [3.8, 4) is 23.9 Å². The first-order valence-corrected chi connectivity index (χ1v) is 12.7. The largest absolute Gasteiger partial charge is 0.374 e. The van der Waals surface area contributed by atoms with E-state index in [1.165, 1.54) is 0 Å². The maximum atomic E-state index is 10.4. The van der Waals surface area contributed by atoms with Crippen LogP contribution in [0.3, 0.4) is 0 Å². The molecule has 6 heteroatoms. The smallest absolute Gasteiger partial charge is 0.333 e.